The average molecular weight is 575 g/mol. The van der Waals surface area contributed by atoms with Crippen LogP contribution >= 0.6 is 66.3 Å². The third kappa shape index (κ3) is 7.32. The molecule has 0 unspecified atom stereocenters. The third-order valence-electron chi connectivity index (χ3n) is 3.55. The topological polar surface area (TPSA) is 46.1 Å². The largest absolute Gasteiger partial charge is 0.383 e. The predicted molar refractivity (Wildman–Crippen MR) is 133 cm³/mol. The minimum absolute atomic E-state index is 0.0920. The molecule has 154 valence electrons. The fourth-order valence-electron chi connectivity index (χ4n) is 2.29. The van der Waals surface area contributed by atoms with Crippen molar-refractivity contribution in [3.8, 4) is 10.6 Å². The summed E-state index contributed by atoms with van der Waals surface area (Å²) in [4.78, 5) is 24.4. The molecule has 0 spiro atoms. The number of Topliss-reactive ketones (excluding diaryl/α,β-unsaturated/α-hetero) is 1. The Bertz CT molecular complexity index is 1010. The minimum atomic E-state index is 0.0920. The van der Waals surface area contributed by atoms with Crippen LogP contribution in [-0.4, -0.2) is 41.0 Å². The summed E-state index contributed by atoms with van der Waals surface area (Å²) in [6.45, 7) is 3.86. The predicted octanol–water partition coefficient (Wildman–Crippen LogP) is 7.16. The molecule has 0 saturated carbocycles. The number of thioether (sulfide) groups is 1. The van der Waals surface area contributed by atoms with E-state index in [4.69, 9.17) is 0 Å². The normalized spacial score (nSPS) is 11.1. The number of carbonyl (C=O) groups is 1. The first kappa shape index (κ1) is 24.3. The summed E-state index contributed by atoms with van der Waals surface area (Å²) >= 11 is 11.5. The summed E-state index contributed by atoms with van der Waals surface area (Å²) in [5.74, 6) is 0.0920. The fourth-order valence-corrected chi connectivity index (χ4v) is 5.46. The lowest BCUT2D eigenvalue weighted by Gasteiger charge is -2.06. The van der Waals surface area contributed by atoms with Gasteiger partial charge in [0.25, 0.3) is 0 Å². The van der Waals surface area contributed by atoms with Gasteiger partial charge in [0.2, 0.25) is 0 Å². The lowest BCUT2D eigenvalue weighted by molar-refractivity contribution is 0.103. The minimum Gasteiger partial charge on any atom is -0.383 e. The molecule has 3 rings (SSSR count). The molecule has 0 bridgehead atoms. The number of hydrogen-bond donors (Lipinski definition) is 0. The Hall–Kier alpha value is -1.00. The quantitative estimate of drug-likeness (QED) is 0.140. The highest BCUT2D eigenvalue weighted by Gasteiger charge is 2.10. The van der Waals surface area contributed by atoms with Crippen molar-refractivity contribution in [3.05, 3.63) is 60.2 Å². The molecule has 0 saturated heterocycles. The van der Waals surface area contributed by atoms with Gasteiger partial charge >= 0.3 is 0 Å². The number of nitrogens with zero attached hydrogens (tertiary/aromatic N) is 3. The molecule has 3 aromatic rings. The standard InChI is InChI=1S/C10H9BrN2S2.C10H12BrNOS/c1-6-5-12-10(14-2)13-9(6)7-3-4-8(11)15-7;1-7(6-12(2)3)10(13)8-4-5-9(11)14-8/h3-5H,1-2H3;4-6H,1-3H3. The van der Waals surface area contributed by atoms with Gasteiger partial charge in [0, 0.05) is 32.1 Å². The fraction of sp³-hybridized carbons (Fsp3) is 0.250. The number of aryl methyl sites for hydroxylation is 1. The van der Waals surface area contributed by atoms with Crippen LogP contribution in [0.15, 0.2) is 55.0 Å². The first-order valence-electron chi connectivity index (χ1n) is 8.49. The smallest absolute Gasteiger partial charge is 0.200 e. The van der Waals surface area contributed by atoms with Gasteiger partial charge in [-0.05, 0) is 81.8 Å². The molecule has 0 N–H and O–H groups in total. The SMILES string of the molecule is CC(=CN(C)C)C(=O)c1ccc(Br)s1.CSc1ncc(C)c(-c2ccc(Br)s2)n1. The molecule has 0 aromatic carbocycles. The van der Waals surface area contributed by atoms with Gasteiger partial charge in [-0.15, -0.1) is 22.7 Å². The zero-order chi connectivity index (χ0) is 21.6. The lowest BCUT2D eigenvalue weighted by atomic mass is 10.2. The van der Waals surface area contributed by atoms with Crippen LogP contribution in [-0.2, 0) is 0 Å². The van der Waals surface area contributed by atoms with E-state index in [-0.39, 0.29) is 5.78 Å². The summed E-state index contributed by atoms with van der Waals surface area (Å²) in [5, 5.41) is 0.820. The Balaban J connectivity index is 0.000000208. The Morgan fingerprint density at radius 3 is 2.31 bits per heavy atom. The molecule has 0 aliphatic rings. The van der Waals surface area contributed by atoms with Crippen LogP contribution in [0.1, 0.15) is 22.2 Å². The Kier molecular flexibility index (Phi) is 9.55. The van der Waals surface area contributed by atoms with Crippen LogP contribution in [0.5, 0.6) is 0 Å². The molecule has 3 heterocycles. The van der Waals surface area contributed by atoms with E-state index in [1.807, 2.05) is 69.7 Å². The number of carbonyl (C=O) groups excluding carboxylic acids is 1. The highest BCUT2D eigenvalue weighted by molar-refractivity contribution is 9.11. The van der Waals surface area contributed by atoms with E-state index < -0.39 is 0 Å². The number of rotatable bonds is 5. The molecule has 0 atom stereocenters. The zero-order valence-electron chi connectivity index (χ0n) is 16.7. The summed E-state index contributed by atoms with van der Waals surface area (Å²) in [6.07, 6.45) is 5.69. The molecule has 9 heteroatoms. The van der Waals surface area contributed by atoms with Gasteiger partial charge in [-0.1, -0.05) is 11.8 Å². The van der Waals surface area contributed by atoms with Crippen molar-refractivity contribution in [3.63, 3.8) is 0 Å². The molecule has 3 aromatic heterocycles. The number of thiophene rings is 2. The van der Waals surface area contributed by atoms with Gasteiger partial charge in [-0.2, -0.15) is 0 Å². The van der Waals surface area contributed by atoms with Gasteiger partial charge in [0.15, 0.2) is 10.9 Å². The highest BCUT2D eigenvalue weighted by atomic mass is 79.9. The van der Waals surface area contributed by atoms with Crippen LogP contribution in [0.3, 0.4) is 0 Å². The number of allylic oxidation sites excluding steroid dienone is 1. The van der Waals surface area contributed by atoms with Crippen LogP contribution < -0.4 is 0 Å². The molecular weight excluding hydrogens is 554 g/mol. The van der Waals surface area contributed by atoms with Crippen molar-refractivity contribution in [2.75, 3.05) is 20.4 Å². The Morgan fingerprint density at radius 2 is 1.79 bits per heavy atom. The summed E-state index contributed by atoms with van der Waals surface area (Å²) in [7, 11) is 3.81. The molecule has 0 aliphatic heterocycles. The second kappa shape index (κ2) is 11.4. The van der Waals surface area contributed by atoms with Crippen LogP contribution in [0.25, 0.3) is 10.6 Å². The van der Waals surface area contributed by atoms with Crippen LogP contribution in [0.2, 0.25) is 0 Å². The molecule has 0 fully saturated rings. The maximum absolute atomic E-state index is 11.8. The van der Waals surface area contributed by atoms with Crippen molar-refractivity contribution >= 4 is 72.1 Å². The third-order valence-corrected chi connectivity index (χ3v) is 7.36. The van der Waals surface area contributed by atoms with Crippen molar-refractivity contribution in [1.29, 1.82) is 0 Å². The Labute approximate surface area is 200 Å². The monoisotopic (exact) mass is 573 g/mol. The van der Waals surface area contributed by atoms with Crippen LogP contribution in [0, 0.1) is 6.92 Å². The molecule has 0 aliphatic carbocycles. The highest BCUT2D eigenvalue weighted by Crippen LogP contribution is 2.32. The maximum Gasteiger partial charge on any atom is 0.200 e. The second-order valence-corrected chi connectivity index (χ2v) is 11.9. The number of halogens is 2. The molecular formula is C20H21Br2N3OS3. The second-order valence-electron chi connectivity index (χ2n) is 6.20. The van der Waals surface area contributed by atoms with E-state index in [2.05, 4.69) is 47.9 Å². The summed E-state index contributed by atoms with van der Waals surface area (Å²) < 4.78 is 2.11. The van der Waals surface area contributed by atoms with Crippen LogP contribution in [0.4, 0.5) is 0 Å². The molecule has 0 radical (unpaired) electrons. The Morgan fingerprint density at radius 1 is 1.14 bits per heavy atom. The molecule has 29 heavy (non-hydrogen) atoms. The number of ketones is 1. The van der Waals surface area contributed by atoms with E-state index in [0.29, 0.717) is 0 Å². The zero-order valence-corrected chi connectivity index (χ0v) is 22.3. The van der Waals surface area contributed by atoms with Gasteiger partial charge in [-0.25, -0.2) is 9.97 Å². The average Bonchev–Trinajstić information content (AvgIpc) is 3.30. The van der Waals surface area contributed by atoms with Crippen molar-refractivity contribution in [1.82, 2.24) is 14.9 Å². The van der Waals surface area contributed by atoms with E-state index in [1.54, 1.807) is 23.1 Å². The van der Waals surface area contributed by atoms with Crippen molar-refractivity contribution in [2.24, 2.45) is 0 Å². The number of hydrogen-bond acceptors (Lipinski definition) is 7. The van der Waals surface area contributed by atoms with E-state index in [9.17, 15) is 4.79 Å². The lowest BCUT2D eigenvalue weighted by Crippen LogP contribution is -2.06. The van der Waals surface area contributed by atoms with E-state index in [0.717, 1.165) is 34.4 Å². The van der Waals surface area contributed by atoms with Gasteiger partial charge in [0.05, 0.1) is 23.0 Å². The summed E-state index contributed by atoms with van der Waals surface area (Å²) in [6, 6.07) is 7.85. The van der Waals surface area contributed by atoms with Crippen molar-refractivity contribution < 1.29 is 4.79 Å². The molecule has 0 amide bonds. The molecule has 4 nitrogen and oxygen atoms in total. The van der Waals surface area contributed by atoms with Gasteiger partial charge in [-0.3, -0.25) is 4.79 Å². The first-order chi connectivity index (χ1) is 13.7. The van der Waals surface area contributed by atoms with E-state index in [1.165, 1.54) is 16.2 Å². The van der Waals surface area contributed by atoms with Gasteiger partial charge < -0.3 is 4.90 Å². The van der Waals surface area contributed by atoms with E-state index >= 15 is 0 Å². The first-order valence-corrected chi connectivity index (χ1v) is 12.9. The number of aromatic nitrogens is 2. The maximum atomic E-state index is 11.8. The van der Waals surface area contributed by atoms with Crippen molar-refractivity contribution in [2.45, 2.75) is 19.0 Å². The summed E-state index contributed by atoms with van der Waals surface area (Å²) in [5.41, 5.74) is 2.90. The van der Waals surface area contributed by atoms with Gasteiger partial charge in [0.1, 0.15) is 0 Å².